The van der Waals surface area contributed by atoms with E-state index in [4.69, 9.17) is 42.6 Å². The molecule has 6 N–H and O–H groups in total. The average Bonchev–Trinajstić information content (AvgIpc) is 3.23. The van der Waals surface area contributed by atoms with E-state index in [-0.39, 0.29) is 38.3 Å². The summed E-state index contributed by atoms with van der Waals surface area (Å²) in [6, 6.07) is -0.728. The van der Waals surface area contributed by atoms with Crippen molar-refractivity contribution in [3.63, 3.8) is 0 Å². The maximum atomic E-state index is 13.8. The summed E-state index contributed by atoms with van der Waals surface area (Å²) in [5.74, 6) is -3.31. The summed E-state index contributed by atoms with van der Waals surface area (Å²) in [6.07, 6.45) is -8.52. The van der Waals surface area contributed by atoms with Crippen molar-refractivity contribution < 1.29 is 82.9 Å². The minimum absolute atomic E-state index is 0.00151. The normalized spacial score (nSPS) is 46.0. The molecule has 0 saturated carbocycles. The maximum Gasteiger partial charge on any atom is 0.308 e. The SMILES string of the molecule is CCC1OC(=O)CC(O)C(C)C(OC2OC(C)C(OC3CC(C)(O)C(O)C(C)O3)C(N(C)C)C2O)C(CCO)CC(C)C(=O)/C=C/C(C)=C/C1COC1OC(C)C(O)C(OC)C1OC. The lowest BCUT2D eigenvalue weighted by atomic mass is 9.79. The van der Waals surface area contributed by atoms with Crippen LogP contribution < -0.4 is 0 Å². The van der Waals surface area contributed by atoms with Crippen LogP contribution in [0.1, 0.15) is 87.5 Å². The van der Waals surface area contributed by atoms with Gasteiger partial charge in [-0.2, -0.15) is 0 Å². The predicted molar refractivity (Wildman–Crippen MR) is 231 cm³/mol. The molecule has 4 heterocycles. The summed E-state index contributed by atoms with van der Waals surface area (Å²) in [5, 5.41) is 66.2. The number of aliphatic hydroxyl groups excluding tert-OH is 5. The smallest absolute Gasteiger partial charge is 0.308 e. The Kier molecular flexibility index (Phi) is 20.8. The number of carbonyl (C=O) groups is 2. The largest absolute Gasteiger partial charge is 0.462 e. The molecule has 4 aliphatic rings. The van der Waals surface area contributed by atoms with E-state index in [0.717, 1.165) is 0 Å². The van der Waals surface area contributed by atoms with Crippen molar-refractivity contribution in [3.8, 4) is 0 Å². The molecule has 18 nitrogen and oxygen atoms in total. The lowest BCUT2D eigenvalue weighted by Crippen LogP contribution is -2.65. The first kappa shape index (κ1) is 54.6. The summed E-state index contributed by atoms with van der Waals surface area (Å²) < 4.78 is 54.8. The Balaban J connectivity index is 1.62. The summed E-state index contributed by atoms with van der Waals surface area (Å²) in [6.45, 7) is 13.5. The minimum Gasteiger partial charge on any atom is -0.462 e. The second-order valence-electron chi connectivity index (χ2n) is 18.9. The van der Waals surface area contributed by atoms with Crippen LogP contribution in [0.2, 0.25) is 0 Å². The van der Waals surface area contributed by atoms with Crippen LogP contribution in [0.3, 0.4) is 0 Å². The van der Waals surface area contributed by atoms with E-state index in [1.807, 2.05) is 19.9 Å². The maximum absolute atomic E-state index is 13.8. The quantitative estimate of drug-likeness (QED) is 0.144. The minimum atomic E-state index is -1.48. The van der Waals surface area contributed by atoms with Crippen molar-refractivity contribution in [2.75, 3.05) is 41.5 Å². The van der Waals surface area contributed by atoms with Gasteiger partial charge in [0.15, 0.2) is 24.7 Å². The molecule has 0 aromatic heterocycles. The molecule has 0 bridgehead atoms. The van der Waals surface area contributed by atoms with Crippen LogP contribution in [0.25, 0.3) is 0 Å². The average molecular weight is 918 g/mol. The Hall–Kier alpha value is -1.98. The summed E-state index contributed by atoms with van der Waals surface area (Å²) in [4.78, 5) is 29.3. The standard InChI is InChI=1S/C46H79NO17/c1-13-33-30(22-58-45-42(57-12)41(56-11)37(52)26(5)60-45)18-23(2)14-15-31(49)24(3)19-29(16-17-48)39(25(4)32(50)20-34(51)62-33)64-44-38(53)36(47(9)10)40(27(6)61-44)63-35-21-46(8,55)43(54)28(7)59-35/h14-15,18,24-30,32-33,35-45,48,50,52-55H,13,16-17,19-22H2,1-12H3/b15-14+,23-18+. The molecular formula is C46H79NO17. The molecule has 0 radical (unpaired) electrons. The fraction of sp³-hybridized carbons (Fsp3) is 0.870. The summed E-state index contributed by atoms with van der Waals surface area (Å²) >= 11 is 0. The molecule has 0 aromatic carbocycles. The van der Waals surface area contributed by atoms with Gasteiger partial charge in [0.1, 0.15) is 42.7 Å². The number of rotatable bonds is 13. The lowest BCUT2D eigenvalue weighted by molar-refractivity contribution is -0.342. The highest BCUT2D eigenvalue weighted by Crippen LogP contribution is 2.38. The summed E-state index contributed by atoms with van der Waals surface area (Å²) in [7, 11) is 6.47. The first-order valence-corrected chi connectivity index (χ1v) is 22.8. The number of esters is 1. The first-order chi connectivity index (χ1) is 30.1. The molecule has 370 valence electrons. The van der Waals surface area contributed by atoms with E-state index in [1.165, 1.54) is 27.2 Å². The third-order valence-corrected chi connectivity index (χ3v) is 13.5. The zero-order valence-electron chi connectivity index (χ0n) is 39.9. The van der Waals surface area contributed by atoms with Gasteiger partial charge >= 0.3 is 5.97 Å². The molecule has 4 rings (SSSR count). The number of methoxy groups -OCH3 is 2. The molecule has 21 unspecified atom stereocenters. The van der Waals surface area contributed by atoms with Crippen molar-refractivity contribution in [2.24, 2.45) is 23.7 Å². The number of cyclic esters (lactones) is 1. The Labute approximate surface area is 379 Å². The van der Waals surface area contributed by atoms with Crippen molar-refractivity contribution in [1.29, 1.82) is 0 Å². The fourth-order valence-electron chi connectivity index (χ4n) is 9.60. The first-order valence-electron chi connectivity index (χ1n) is 22.8. The molecular weight excluding hydrogens is 838 g/mol. The van der Waals surface area contributed by atoms with E-state index in [0.29, 0.717) is 12.0 Å². The molecule has 0 amide bonds. The Morgan fingerprint density at radius 2 is 1.50 bits per heavy atom. The zero-order chi connectivity index (χ0) is 47.8. The second-order valence-corrected chi connectivity index (χ2v) is 18.9. The number of ketones is 1. The second kappa shape index (κ2) is 24.3. The van der Waals surface area contributed by atoms with Crippen LogP contribution in [-0.2, 0) is 52.2 Å². The Bertz CT molecular complexity index is 1530. The highest BCUT2D eigenvalue weighted by molar-refractivity contribution is 5.91. The van der Waals surface area contributed by atoms with Crippen LogP contribution in [-0.4, -0.2) is 193 Å². The van der Waals surface area contributed by atoms with Gasteiger partial charge in [-0.1, -0.05) is 38.5 Å². The van der Waals surface area contributed by atoms with Gasteiger partial charge in [0.25, 0.3) is 0 Å². The zero-order valence-corrected chi connectivity index (χ0v) is 39.9. The van der Waals surface area contributed by atoms with Crippen molar-refractivity contribution in [3.05, 3.63) is 23.8 Å². The number of likely N-dealkylation sites (N-methyl/N-ethyl adjacent to an activating group) is 1. The van der Waals surface area contributed by atoms with Crippen LogP contribution in [0.5, 0.6) is 0 Å². The molecule has 3 saturated heterocycles. The van der Waals surface area contributed by atoms with Gasteiger partial charge in [-0.3, -0.25) is 9.59 Å². The molecule has 4 aliphatic heterocycles. The predicted octanol–water partition coefficient (Wildman–Crippen LogP) is 1.63. The highest BCUT2D eigenvalue weighted by atomic mass is 16.7. The molecule has 18 heteroatoms. The third-order valence-electron chi connectivity index (χ3n) is 13.5. The van der Waals surface area contributed by atoms with Crippen molar-refractivity contribution >= 4 is 11.8 Å². The molecule has 0 aromatic rings. The van der Waals surface area contributed by atoms with Crippen LogP contribution in [0.15, 0.2) is 23.8 Å². The molecule has 64 heavy (non-hydrogen) atoms. The van der Waals surface area contributed by atoms with Crippen molar-refractivity contribution in [1.82, 2.24) is 4.90 Å². The third kappa shape index (κ3) is 13.6. The van der Waals surface area contributed by atoms with E-state index >= 15 is 0 Å². The molecule has 21 atom stereocenters. The lowest BCUT2D eigenvalue weighted by Gasteiger charge is -2.50. The Morgan fingerprint density at radius 3 is 2.09 bits per heavy atom. The molecule has 3 fully saturated rings. The number of hydrogen-bond donors (Lipinski definition) is 6. The van der Waals surface area contributed by atoms with Crippen molar-refractivity contribution in [2.45, 2.75) is 191 Å². The fourth-order valence-corrected chi connectivity index (χ4v) is 9.60. The van der Waals surface area contributed by atoms with Crippen LogP contribution in [0.4, 0.5) is 0 Å². The van der Waals surface area contributed by atoms with Gasteiger partial charge in [0, 0.05) is 45.0 Å². The monoisotopic (exact) mass is 918 g/mol. The van der Waals surface area contributed by atoms with Crippen LogP contribution in [0, 0.1) is 23.7 Å². The number of nitrogens with zero attached hydrogens (tertiary/aromatic N) is 1. The number of hydrogen-bond acceptors (Lipinski definition) is 18. The van der Waals surface area contributed by atoms with Gasteiger partial charge in [-0.15, -0.1) is 0 Å². The Morgan fingerprint density at radius 1 is 0.844 bits per heavy atom. The number of allylic oxidation sites excluding steroid dienone is 3. The van der Waals surface area contributed by atoms with Gasteiger partial charge in [-0.05, 0) is 80.0 Å². The number of ether oxygens (including phenoxy) is 9. The van der Waals surface area contributed by atoms with Gasteiger partial charge in [0.2, 0.25) is 0 Å². The van der Waals surface area contributed by atoms with Gasteiger partial charge in [-0.25, -0.2) is 0 Å². The number of carbonyl (C=O) groups excluding carboxylic acids is 2. The highest BCUT2D eigenvalue weighted by Gasteiger charge is 2.52. The van der Waals surface area contributed by atoms with Gasteiger partial charge < -0.3 is 78.2 Å². The van der Waals surface area contributed by atoms with E-state index < -0.39 is 140 Å². The molecule has 0 aliphatic carbocycles. The molecule has 0 spiro atoms. The van der Waals surface area contributed by atoms with E-state index in [1.54, 1.807) is 59.7 Å². The van der Waals surface area contributed by atoms with Gasteiger partial charge in [0.05, 0.1) is 55.2 Å². The number of aliphatic hydroxyl groups is 6. The van der Waals surface area contributed by atoms with E-state index in [2.05, 4.69) is 0 Å². The topological polar surface area (TPSA) is 242 Å². The van der Waals surface area contributed by atoms with E-state index in [9.17, 15) is 40.2 Å². The summed E-state index contributed by atoms with van der Waals surface area (Å²) in [5.41, 5.74) is -0.782. The van der Waals surface area contributed by atoms with Crippen LogP contribution >= 0.6 is 0 Å².